The van der Waals surface area contributed by atoms with Crippen molar-refractivity contribution in [3.63, 3.8) is 0 Å². The lowest BCUT2D eigenvalue weighted by Gasteiger charge is -1.90. The van der Waals surface area contributed by atoms with Crippen molar-refractivity contribution in [1.82, 2.24) is 0 Å². The Hall–Kier alpha value is -0.830. The predicted octanol–water partition coefficient (Wildman–Crippen LogP) is 1.88. The number of carbonyl (C=O) groups excluding carboxylic acids is 1. The van der Waals surface area contributed by atoms with Crippen molar-refractivity contribution < 1.29 is 4.79 Å². The van der Waals surface area contributed by atoms with E-state index in [4.69, 9.17) is 5.73 Å². The molecule has 0 aliphatic heterocycles. The molecule has 62 valence electrons. The number of thiophene rings is 1. The third-order valence-corrected chi connectivity index (χ3v) is 1.62. The van der Waals surface area contributed by atoms with Crippen molar-refractivity contribution in [2.24, 2.45) is 11.7 Å². The monoisotopic (exact) mass is 171 g/mol. The van der Waals surface area contributed by atoms with Gasteiger partial charge in [0.1, 0.15) is 0 Å². The molecule has 1 rings (SSSR count). The molecule has 0 bridgehead atoms. The van der Waals surface area contributed by atoms with Crippen LogP contribution in [-0.2, 0) is 4.79 Å². The van der Waals surface area contributed by atoms with Crippen LogP contribution in [0.1, 0.15) is 13.8 Å². The molecule has 1 aromatic heterocycles. The first-order valence-corrected chi connectivity index (χ1v) is 4.35. The molecular weight excluding hydrogens is 158 g/mol. The molecule has 0 atom stereocenters. The summed E-state index contributed by atoms with van der Waals surface area (Å²) in [5.74, 6) is -0.250. The maximum Gasteiger partial charge on any atom is 0.219 e. The lowest BCUT2D eigenvalue weighted by molar-refractivity contribution is -0.120. The summed E-state index contributed by atoms with van der Waals surface area (Å²) in [6.45, 7) is 3.53. The zero-order valence-corrected chi connectivity index (χ0v) is 7.60. The Morgan fingerprint density at radius 2 is 1.73 bits per heavy atom. The van der Waals surface area contributed by atoms with E-state index in [1.54, 1.807) is 25.2 Å². The van der Waals surface area contributed by atoms with E-state index in [0.717, 1.165) is 0 Å². The van der Waals surface area contributed by atoms with Crippen LogP contribution in [0.4, 0.5) is 0 Å². The Labute approximate surface area is 71.0 Å². The normalized spacial score (nSPS) is 8.64. The van der Waals surface area contributed by atoms with Crippen LogP contribution < -0.4 is 5.73 Å². The molecule has 0 spiro atoms. The zero-order chi connectivity index (χ0) is 8.69. The fraction of sp³-hybridized carbons (Fsp3) is 0.375. The van der Waals surface area contributed by atoms with E-state index in [2.05, 4.69) is 0 Å². The first-order chi connectivity index (χ1) is 5.14. The van der Waals surface area contributed by atoms with E-state index < -0.39 is 0 Å². The molecule has 0 unspecified atom stereocenters. The highest BCUT2D eigenvalue weighted by Crippen LogP contribution is 1.91. The number of hydrogen-bond acceptors (Lipinski definition) is 2. The third-order valence-electron chi connectivity index (χ3n) is 0.994. The average Bonchev–Trinajstić information content (AvgIpc) is 2.41. The molecule has 0 saturated carbocycles. The van der Waals surface area contributed by atoms with Gasteiger partial charge in [-0.05, 0) is 10.8 Å². The van der Waals surface area contributed by atoms with Crippen LogP contribution in [0.25, 0.3) is 0 Å². The first-order valence-electron chi connectivity index (χ1n) is 3.41. The van der Waals surface area contributed by atoms with Crippen molar-refractivity contribution >= 4 is 17.2 Å². The summed E-state index contributed by atoms with van der Waals surface area (Å²) in [6.07, 6.45) is 0. The Balaban J connectivity index is 0.000000183. The molecule has 2 nitrogen and oxygen atoms in total. The quantitative estimate of drug-likeness (QED) is 0.688. The van der Waals surface area contributed by atoms with Gasteiger partial charge in [0.2, 0.25) is 5.91 Å². The Kier molecular flexibility index (Phi) is 5.47. The van der Waals surface area contributed by atoms with Crippen molar-refractivity contribution in [2.75, 3.05) is 0 Å². The standard InChI is InChI=1S/C4H9NO.C4H4S/c1-3(2)4(5)6;1-2-4-5-3-1/h3H,1-2H3,(H2,5,6);1-4H. The topological polar surface area (TPSA) is 43.1 Å². The number of hydrogen-bond donors (Lipinski definition) is 1. The van der Waals surface area contributed by atoms with Gasteiger partial charge >= 0.3 is 0 Å². The van der Waals surface area contributed by atoms with Crippen molar-refractivity contribution in [1.29, 1.82) is 0 Å². The second-order valence-corrected chi connectivity index (χ2v) is 3.17. The number of carbonyl (C=O) groups is 1. The summed E-state index contributed by atoms with van der Waals surface area (Å²) in [6, 6.07) is 4.04. The van der Waals surface area contributed by atoms with Crippen LogP contribution in [0.3, 0.4) is 0 Å². The Bertz CT molecular complexity index is 165. The van der Waals surface area contributed by atoms with Crippen LogP contribution in [0, 0.1) is 5.92 Å². The van der Waals surface area contributed by atoms with Crippen LogP contribution >= 0.6 is 11.3 Å². The van der Waals surface area contributed by atoms with Crippen molar-refractivity contribution in [2.45, 2.75) is 13.8 Å². The lowest BCUT2D eigenvalue weighted by Crippen LogP contribution is -2.17. The molecule has 0 radical (unpaired) electrons. The minimum Gasteiger partial charge on any atom is -0.369 e. The maximum atomic E-state index is 9.92. The second kappa shape index (κ2) is 5.92. The zero-order valence-electron chi connectivity index (χ0n) is 6.78. The first kappa shape index (κ1) is 10.2. The van der Waals surface area contributed by atoms with Gasteiger partial charge in [-0.1, -0.05) is 26.0 Å². The molecule has 3 heteroatoms. The SMILES string of the molecule is CC(C)C(N)=O.c1ccsc1. The molecular formula is C8H13NOS. The van der Waals surface area contributed by atoms with E-state index in [1.165, 1.54) is 0 Å². The van der Waals surface area contributed by atoms with Gasteiger partial charge in [0.25, 0.3) is 0 Å². The minimum absolute atomic E-state index is 0.00926. The molecule has 0 aliphatic rings. The smallest absolute Gasteiger partial charge is 0.219 e. The van der Waals surface area contributed by atoms with E-state index in [-0.39, 0.29) is 11.8 Å². The summed E-state index contributed by atoms with van der Waals surface area (Å²) in [7, 11) is 0. The maximum absolute atomic E-state index is 9.92. The fourth-order valence-electron chi connectivity index (χ4n) is 0.227. The number of rotatable bonds is 1. The van der Waals surface area contributed by atoms with Crippen LogP contribution in [0.15, 0.2) is 22.9 Å². The molecule has 1 amide bonds. The number of primary amides is 1. The molecule has 0 aliphatic carbocycles. The Morgan fingerprint density at radius 3 is 1.82 bits per heavy atom. The molecule has 11 heavy (non-hydrogen) atoms. The summed E-state index contributed by atoms with van der Waals surface area (Å²) in [5, 5.41) is 4.08. The molecule has 1 heterocycles. The fourth-order valence-corrected chi connectivity index (χ4v) is 0.680. The van der Waals surface area contributed by atoms with Gasteiger partial charge in [0.05, 0.1) is 0 Å². The van der Waals surface area contributed by atoms with Gasteiger partial charge in [0.15, 0.2) is 0 Å². The van der Waals surface area contributed by atoms with E-state index in [1.807, 2.05) is 22.9 Å². The third kappa shape index (κ3) is 7.06. The van der Waals surface area contributed by atoms with E-state index >= 15 is 0 Å². The number of amides is 1. The van der Waals surface area contributed by atoms with Gasteiger partial charge < -0.3 is 5.73 Å². The lowest BCUT2D eigenvalue weighted by atomic mass is 10.2. The molecule has 1 aromatic rings. The van der Waals surface area contributed by atoms with Crippen LogP contribution in [0.2, 0.25) is 0 Å². The van der Waals surface area contributed by atoms with E-state index in [9.17, 15) is 4.79 Å². The molecule has 2 N–H and O–H groups in total. The highest BCUT2D eigenvalue weighted by molar-refractivity contribution is 7.07. The highest BCUT2D eigenvalue weighted by atomic mass is 32.1. The van der Waals surface area contributed by atoms with Crippen LogP contribution in [0.5, 0.6) is 0 Å². The molecule has 0 aromatic carbocycles. The average molecular weight is 171 g/mol. The van der Waals surface area contributed by atoms with Crippen molar-refractivity contribution in [3.8, 4) is 0 Å². The van der Waals surface area contributed by atoms with Crippen molar-refractivity contribution in [3.05, 3.63) is 22.9 Å². The highest BCUT2D eigenvalue weighted by Gasteiger charge is 1.96. The minimum atomic E-state index is -0.241. The van der Waals surface area contributed by atoms with Gasteiger partial charge in [-0.25, -0.2) is 0 Å². The number of nitrogens with two attached hydrogens (primary N) is 1. The van der Waals surface area contributed by atoms with Crippen LogP contribution in [-0.4, -0.2) is 5.91 Å². The second-order valence-electron chi connectivity index (χ2n) is 2.35. The summed E-state index contributed by atoms with van der Waals surface area (Å²) in [5.41, 5.74) is 4.80. The Morgan fingerprint density at radius 1 is 1.36 bits per heavy atom. The predicted molar refractivity (Wildman–Crippen MR) is 48.4 cm³/mol. The summed E-state index contributed by atoms with van der Waals surface area (Å²) in [4.78, 5) is 9.92. The summed E-state index contributed by atoms with van der Waals surface area (Å²) < 4.78 is 0. The van der Waals surface area contributed by atoms with Gasteiger partial charge in [0, 0.05) is 5.92 Å². The van der Waals surface area contributed by atoms with Gasteiger partial charge in [-0.3, -0.25) is 4.79 Å². The molecule has 0 fully saturated rings. The molecule has 0 saturated heterocycles. The van der Waals surface area contributed by atoms with E-state index in [0.29, 0.717) is 0 Å². The largest absolute Gasteiger partial charge is 0.369 e. The van der Waals surface area contributed by atoms with Gasteiger partial charge in [-0.2, -0.15) is 11.3 Å². The summed E-state index contributed by atoms with van der Waals surface area (Å²) >= 11 is 1.71. The van der Waals surface area contributed by atoms with Gasteiger partial charge in [-0.15, -0.1) is 0 Å².